The minimum atomic E-state index is -0.235. The van der Waals surface area contributed by atoms with Crippen molar-refractivity contribution < 1.29 is 13.9 Å². The van der Waals surface area contributed by atoms with Crippen molar-refractivity contribution in [2.45, 2.75) is 19.9 Å². The molecule has 116 valence electrons. The second-order valence-electron chi connectivity index (χ2n) is 4.81. The van der Waals surface area contributed by atoms with Gasteiger partial charge in [0, 0.05) is 32.0 Å². The maximum Gasteiger partial charge on any atom is 0.128 e. The predicted octanol–water partition coefficient (Wildman–Crippen LogP) is 2.93. The molecule has 0 radical (unpaired) electrons. The van der Waals surface area contributed by atoms with Crippen LogP contribution in [-0.2, 0) is 22.4 Å². The number of methoxy groups -OCH3 is 1. The van der Waals surface area contributed by atoms with Gasteiger partial charge in [-0.15, -0.1) is 11.6 Å². The highest BCUT2D eigenvalue weighted by molar-refractivity contribution is 6.17. The Morgan fingerprint density at radius 3 is 2.81 bits per heavy atom. The fourth-order valence-electron chi connectivity index (χ4n) is 2.22. The molecule has 0 bridgehead atoms. The first-order valence-corrected chi connectivity index (χ1v) is 7.48. The van der Waals surface area contributed by atoms with E-state index in [9.17, 15) is 4.39 Å². The summed E-state index contributed by atoms with van der Waals surface area (Å²) >= 11 is 5.83. The van der Waals surface area contributed by atoms with Crippen molar-refractivity contribution in [3.63, 3.8) is 0 Å². The first-order chi connectivity index (χ1) is 10.2. The van der Waals surface area contributed by atoms with Crippen LogP contribution < -0.4 is 0 Å². The molecule has 4 nitrogen and oxygen atoms in total. The molecular weight excluding hydrogens is 295 g/mol. The van der Waals surface area contributed by atoms with Crippen LogP contribution in [0.5, 0.6) is 0 Å². The van der Waals surface area contributed by atoms with Gasteiger partial charge in [0.15, 0.2) is 0 Å². The number of hydrogen-bond donors (Lipinski definition) is 0. The highest BCUT2D eigenvalue weighted by Crippen LogP contribution is 2.21. The summed E-state index contributed by atoms with van der Waals surface area (Å²) in [7, 11) is 1.64. The Kier molecular flexibility index (Phi) is 5.96. The number of ether oxygens (including phenoxy) is 2. The molecule has 0 aliphatic heterocycles. The fraction of sp³-hybridized carbons (Fsp3) is 0.533. The van der Waals surface area contributed by atoms with Crippen LogP contribution in [0.25, 0.3) is 11.0 Å². The topological polar surface area (TPSA) is 36.3 Å². The summed E-state index contributed by atoms with van der Waals surface area (Å²) < 4.78 is 26.1. The van der Waals surface area contributed by atoms with Gasteiger partial charge in [0.2, 0.25) is 0 Å². The molecule has 21 heavy (non-hydrogen) atoms. The molecular formula is C15H20ClFN2O2. The van der Waals surface area contributed by atoms with Crippen LogP contribution >= 0.6 is 11.6 Å². The number of aromatic nitrogens is 2. The van der Waals surface area contributed by atoms with E-state index in [-0.39, 0.29) is 5.82 Å². The normalized spacial score (nSPS) is 11.4. The highest BCUT2D eigenvalue weighted by atomic mass is 35.5. The third-order valence-electron chi connectivity index (χ3n) is 3.32. The maximum absolute atomic E-state index is 13.7. The lowest BCUT2D eigenvalue weighted by atomic mass is 10.2. The van der Waals surface area contributed by atoms with Gasteiger partial charge >= 0.3 is 0 Å². The minimum absolute atomic E-state index is 0.235. The van der Waals surface area contributed by atoms with Gasteiger partial charge in [-0.3, -0.25) is 0 Å². The first kappa shape index (κ1) is 16.2. The summed E-state index contributed by atoms with van der Waals surface area (Å²) in [6.45, 7) is 4.10. The lowest BCUT2D eigenvalue weighted by Gasteiger charge is -2.09. The number of aryl methyl sites for hydroxylation is 2. The summed E-state index contributed by atoms with van der Waals surface area (Å²) in [5.74, 6) is 1.11. The first-order valence-electron chi connectivity index (χ1n) is 6.95. The smallest absolute Gasteiger partial charge is 0.128 e. The Morgan fingerprint density at radius 2 is 2.10 bits per heavy atom. The molecule has 0 amide bonds. The van der Waals surface area contributed by atoms with Crippen molar-refractivity contribution in [3.8, 4) is 0 Å². The molecule has 2 aromatic rings. The standard InChI is InChI=1S/C15H20ClFN2O2/c1-11-9-14-13(10-12(11)17)18-15(3-4-16)19(14)5-6-21-8-7-20-2/h9-10H,3-8H2,1-2H3. The minimum Gasteiger partial charge on any atom is -0.382 e. The van der Waals surface area contributed by atoms with Crippen molar-refractivity contribution in [1.82, 2.24) is 9.55 Å². The Morgan fingerprint density at radius 1 is 1.29 bits per heavy atom. The summed E-state index contributed by atoms with van der Waals surface area (Å²) in [6.07, 6.45) is 0.648. The molecule has 0 saturated heterocycles. The lowest BCUT2D eigenvalue weighted by Crippen LogP contribution is -2.12. The Bertz CT molecular complexity index is 601. The molecule has 0 fully saturated rings. The summed E-state index contributed by atoms with van der Waals surface area (Å²) in [6, 6.07) is 3.30. The molecule has 0 aliphatic carbocycles. The van der Waals surface area contributed by atoms with Crippen molar-refractivity contribution in [2.24, 2.45) is 0 Å². The lowest BCUT2D eigenvalue weighted by molar-refractivity contribution is 0.0667. The van der Waals surface area contributed by atoms with Gasteiger partial charge in [0.1, 0.15) is 11.6 Å². The van der Waals surface area contributed by atoms with Crippen molar-refractivity contribution in [3.05, 3.63) is 29.3 Å². The number of alkyl halides is 1. The Balaban J connectivity index is 2.21. The second kappa shape index (κ2) is 7.73. The predicted molar refractivity (Wildman–Crippen MR) is 81.5 cm³/mol. The van der Waals surface area contributed by atoms with Gasteiger partial charge in [-0.05, 0) is 18.6 Å². The zero-order valence-corrected chi connectivity index (χ0v) is 13.1. The SMILES string of the molecule is COCCOCCn1c(CCCl)nc2cc(F)c(C)cc21. The van der Waals surface area contributed by atoms with Gasteiger partial charge in [-0.1, -0.05) is 0 Å². The Labute approximate surface area is 128 Å². The summed E-state index contributed by atoms with van der Waals surface area (Å²) in [5, 5.41) is 0. The molecule has 0 aliphatic rings. The van der Waals surface area contributed by atoms with Crippen LogP contribution in [0.2, 0.25) is 0 Å². The van der Waals surface area contributed by atoms with E-state index in [0.29, 0.717) is 49.7 Å². The van der Waals surface area contributed by atoms with E-state index in [0.717, 1.165) is 11.3 Å². The van der Waals surface area contributed by atoms with Gasteiger partial charge < -0.3 is 14.0 Å². The van der Waals surface area contributed by atoms with Crippen LogP contribution in [0, 0.1) is 12.7 Å². The highest BCUT2D eigenvalue weighted by Gasteiger charge is 2.12. The van der Waals surface area contributed by atoms with E-state index >= 15 is 0 Å². The van der Waals surface area contributed by atoms with Crippen LogP contribution in [0.4, 0.5) is 4.39 Å². The van der Waals surface area contributed by atoms with Crippen LogP contribution in [0.1, 0.15) is 11.4 Å². The molecule has 0 unspecified atom stereocenters. The number of hydrogen-bond acceptors (Lipinski definition) is 3. The zero-order valence-electron chi connectivity index (χ0n) is 12.4. The molecule has 6 heteroatoms. The van der Waals surface area contributed by atoms with Gasteiger partial charge in [0.25, 0.3) is 0 Å². The number of imidazole rings is 1. The van der Waals surface area contributed by atoms with E-state index in [4.69, 9.17) is 21.1 Å². The number of nitrogens with zero attached hydrogens (tertiary/aromatic N) is 2. The second-order valence-corrected chi connectivity index (χ2v) is 5.19. The van der Waals surface area contributed by atoms with Gasteiger partial charge in [-0.25, -0.2) is 9.37 Å². The summed E-state index contributed by atoms with van der Waals surface area (Å²) in [4.78, 5) is 4.48. The number of fused-ring (bicyclic) bond motifs is 1. The monoisotopic (exact) mass is 314 g/mol. The van der Waals surface area contributed by atoms with Gasteiger partial charge in [0.05, 0.1) is 30.9 Å². The van der Waals surface area contributed by atoms with Crippen LogP contribution in [0.3, 0.4) is 0 Å². The van der Waals surface area contributed by atoms with Crippen molar-refractivity contribution in [1.29, 1.82) is 0 Å². The number of rotatable bonds is 8. The molecule has 0 atom stereocenters. The average molecular weight is 315 g/mol. The number of benzene rings is 1. The van der Waals surface area contributed by atoms with Crippen molar-refractivity contribution >= 4 is 22.6 Å². The van der Waals surface area contributed by atoms with Crippen molar-refractivity contribution in [2.75, 3.05) is 32.8 Å². The van der Waals surface area contributed by atoms with Gasteiger partial charge in [-0.2, -0.15) is 0 Å². The van der Waals surface area contributed by atoms with Crippen LogP contribution in [-0.4, -0.2) is 42.4 Å². The third kappa shape index (κ3) is 3.93. The van der Waals surface area contributed by atoms with E-state index in [1.165, 1.54) is 6.07 Å². The molecule has 1 aromatic heterocycles. The zero-order chi connectivity index (χ0) is 15.2. The summed E-state index contributed by atoms with van der Waals surface area (Å²) in [5.41, 5.74) is 2.20. The van der Waals surface area contributed by atoms with E-state index in [1.807, 2.05) is 6.07 Å². The Hall–Kier alpha value is -1.17. The molecule has 1 heterocycles. The maximum atomic E-state index is 13.7. The quantitative estimate of drug-likeness (QED) is 0.555. The van der Waals surface area contributed by atoms with E-state index in [1.54, 1.807) is 14.0 Å². The number of halogens is 2. The third-order valence-corrected chi connectivity index (χ3v) is 3.51. The molecule has 0 spiro atoms. The van der Waals surface area contributed by atoms with E-state index < -0.39 is 0 Å². The molecule has 2 rings (SSSR count). The largest absolute Gasteiger partial charge is 0.382 e. The molecule has 0 saturated carbocycles. The molecule has 1 aromatic carbocycles. The van der Waals surface area contributed by atoms with Crippen LogP contribution in [0.15, 0.2) is 12.1 Å². The van der Waals surface area contributed by atoms with E-state index in [2.05, 4.69) is 9.55 Å². The fourth-order valence-corrected chi connectivity index (χ4v) is 2.39. The average Bonchev–Trinajstić information content (AvgIpc) is 2.77. The molecule has 0 N–H and O–H groups in total.